The van der Waals surface area contributed by atoms with Gasteiger partial charge in [-0.25, -0.2) is 4.99 Å². The standard InChI is InChI=1S/C22H25ClN2O4S/c1-5-25-21(26)20(12-14-11-18(27-3)19(28-4)13-17(14)23)30-22(25)24-15-7-9-16(10-8-15)29-6-2/h7-11,13,20H,5-6,12H2,1-4H3/t20-/m1/s1. The number of methoxy groups -OCH3 is 2. The van der Waals surface area contributed by atoms with Crippen LogP contribution in [0.3, 0.4) is 0 Å². The van der Waals surface area contributed by atoms with Crippen LogP contribution >= 0.6 is 23.4 Å². The zero-order chi connectivity index (χ0) is 21.7. The molecular weight excluding hydrogens is 424 g/mol. The van der Waals surface area contributed by atoms with E-state index in [0.717, 1.165) is 17.0 Å². The number of benzene rings is 2. The highest BCUT2D eigenvalue weighted by Gasteiger charge is 2.37. The average molecular weight is 449 g/mol. The number of rotatable bonds is 8. The number of thioether (sulfide) groups is 1. The lowest BCUT2D eigenvalue weighted by Crippen LogP contribution is -2.32. The number of aliphatic imine (C=N–C) groups is 1. The normalized spacial score (nSPS) is 17.5. The minimum atomic E-state index is -0.304. The van der Waals surface area contributed by atoms with Crippen molar-refractivity contribution in [3.05, 3.63) is 47.0 Å². The van der Waals surface area contributed by atoms with Gasteiger partial charge in [0.25, 0.3) is 0 Å². The molecule has 1 aliphatic rings. The van der Waals surface area contributed by atoms with Gasteiger partial charge in [-0.2, -0.15) is 0 Å². The van der Waals surface area contributed by atoms with Crippen LogP contribution in [0, 0.1) is 0 Å². The fourth-order valence-electron chi connectivity index (χ4n) is 3.16. The Balaban J connectivity index is 1.82. The molecule has 30 heavy (non-hydrogen) atoms. The number of amides is 1. The van der Waals surface area contributed by atoms with Crippen molar-refractivity contribution in [2.75, 3.05) is 27.4 Å². The van der Waals surface area contributed by atoms with Crippen LogP contribution in [0.2, 0.25) is 5.02 Å². The fraction of sp³-hybridized carbons (Fsp3) is 0.364. The molecule has 0 radical (unpaired) electrons. The molecule has 0 aromatic heterocycles. The summed E-state index contributed by atoms with van der Waals surface area (Å²) in [5.41, 5.74) is 1.61. The van der Waals surface area contributed by atoms with Gasteiger partial charge in [0.1, 0.15) is 5.75 Å². The van der Waals surface area contributed by atoms with Crippen LogP contribution in [0.25, 0.3) is 0 Å². The Hall–Kier alpha value is -2.38. The van der Waals surface area contributed by atoms with E-state index in [2.05, 4.69) is 4.99 Å². The second kappa shape index (κ2) is 10.1. The van der Waals surface area contributed by atoms with Gasteiger partial charge in [0, 0.05) is 17.6 Å². The van der Waals surface area contributed by atoms with E-state index in [4.69, 9.17) is 25.8 Å². The van der Waals surface area contributed by atoms with Crippen LogP contribution in [0.15, 0.2) is 41.4 Å². The third-order valence-electron chi connectivity index (χ3n) is 4.67. The van der Waals surface area contributed by atoms with Crippen molar-refractivity contribution in [1.29, 1.82) is 0 Å². The van der Waals surface area contributed by atoms with Gasteiger partial charge in [0.05, 0.1) is 31.8 Å². The van der Waals surface area contributed by atoms with E-state index in [1.54, 1.807) is 25.2 Å². The highest BCUT2D eigenvalue weighted by atomic mass is 35.5. The molecule has 6 nitrogen and oxygen atoms in total. The van der Waals surface area contributed by atoms with Gasteiger partial charge >= 0.3 is 0 Å². The van der Waals surface area contributed by atoms with Crippen molar-refractivity contribution < 1.29 is 19.0 Å². The summed E-state index contributed by atoms with van der Waals surface area (Å²) in [4.78, 5) is 19.4. The Labute approximate surface area is 186 Å². The lowest BCUT2D eigenvalue weighted by Gasteiger charge is -2.14. The van der Waals surface area contributed by atoms with E-state index in [9.17, 15) is 4.79 Å². The number of amidine groups is 1. The molecule has 2 aromatic rings. The summed E-state index contributed by atoms with van der Waals surface area (Å²) in [7, 11) is 3.14. The van der Waals surface area contributed by atoms with Gasteiger partial charge in [-0.3, -0.25) is 9.69 Å². The third kappa shape index (κ3) is 4.84. The van der Waals surface area contributed by atoms with Gasteiger partial charge in [-0.15, -0.1) is 0 Å². The number of carbonyl (C=O) groups is 1. The largest absolute Gasteiger partial charge is 0.494 e. The van der Waals surface area contributed by atoms with Crippen LogP contribution in [-0.4, -0.2) is 48.6 Å². The number of hydrogen-bond donors (Lipinski definition) is 0. The topological polar surface area (TPSA) is 60.4 Å². The lowest BCUT2D eigenvalue weighted by molar-refractivity contribution is -0.126. The first kappa shape index (κ1) is 22.3. The van der Waals surface area contributed by atoms with E-state index < -0.39 is 0 Å². The quantitative estimate of drug-likeness (QED) is 0.571. The predicted molar refractivity (Wildman–Crippen MR) is 122 cm³/mol. The minimum Gasteiger partial charge on any atom is -0.494 e. The van der Waals surface area contributed by atoms with Crippen LogP contribution < -0.4 is 14.2 Å². The van der Waals surface area contributed by atoms with Crippen molar-refractivity contribution in [2.45, 2.75) is 25.5 Å². The van der Waals surface area contributed by atoms with Gasteiger partial charge in [0.15, 0.2) is 16.7 Å². The Morgan fingerprint density at radius 1 is 1.10 bits per heavy atom. The molecule has 0 unspecified atom stereocenters. The zero-order valence-corrected chi connectivity index (χ0v) is 19.0. The maximum Gasteiger partial charge on any atom is 0.242 e. The molecule has 0 aliphatic carbocycles. The van der Waals surface area contributed by atoms with Crippen molar-refractivity contribution in [1.82, 2.24) is 4.90 Å². The summed E-state index contributed by atoms with van der Waals surface area (Å²) in [5, 5.41) is 0.927. The molecule has 0 bridgehead atoms. The van der Waals surface area contributed by atoms with Gasteiger partial charge in [-0.1, -0.05) is 23.4 Å². The van der Waals surface area contributed by atoms with Gasteiger partial charge < -0.3 is 14.2 Å². The highest BCUT2D eigenvalue weighted by molar-refractivity contribution is 8.15. The fourth-order valence-corrected chi connectivity index (χ4v) is 4.64. The Bertz CT molecular complexity index is 933. The molecule has 160 valence electrons. The molecule has 8 heteroatoms. The summed E-state index contributed by atoms with van der Waals surface area (Å²) >= 11 is 7.88. The second-order valence-electron chi connectivity index (χ2n) is 6.51. The van der Waals surface area contributed by atoms with Gasteiger partial charge in [0.2, 0.25) is 5.91 Å². The van der Waals surface area contributed by atoms with E-state index in [1.165, 1.54) is 11.8 Å². The SMILES string of the molecule is CCOc1ccc(N=C2S[C@H](Cc3cc(OC)c(OC)cc3Cl)C(=O)N2CC)cc1. The molecule has 2 aromatic carbocycles. The van der Waals surface area contributed by atoms with Crippen molar-refractivity contribution in [3.8, 4) is 17.2 Å². The Morgan fingerprint density at radius 2 is 1.77 bits per heavy atom. The Morgan fingerprint density at radius 3 is 2.37 bits per heavy atom. The summed E-state index contributed by atoms with van der Waals surface area (Å²) in [5.74, 6) is 1.97. The second-order valence-corrected chi connectivity index (χ2v) is 8.09. The van der Waals surface area contributed by atoms with E-state index in [-0.39, 0.29) is 11.2 Å². The zero-order valence-electron chi connectivity index (χ0n) is 17.5. The van der Waals surface area contributed by atoms with Crippen molar-refractivity contribution in [3.63, 3.8) is 0 Å². The van der Waals surface area contributed by atoms with E-state index in [1.807, 2.05) is 44.2 Å². The number of ether oxygens (including phenoxy) is 3. The molecule has 1 saturated heterocycles. The molecular formula is C22H25ClN2O4S. The number of carbonyl (C=O) groups excluding carboxylic acids is 1. The number of halogens is 1. The van der Waals surface area contributed by atoms with E-state index in [0.29, 0.717) is 41.3 Å². The monoisotopic (exact) mass is 448 g/mol. The van der Waals surface area contributed by atoms with Crippen LogP contribution in [0.4, 0.5) is 5.69 Å². The van der Waals surface area contributed by atoms with Crippen LogP contribution in [0.5, 0.6) is 17.2 Å². The summed E-state index contributed by atoms with van der Waals surface area (Å²) < 4.78 is 16.1. The van der Waals surface area contributed by atoms with E-state index >= 15 is 0 Å². The summed E-state index contributed by atoms with van der Waals surface area (Å²) in [6, 6.07) is 11.1. The highest BCUT2D eigenvalue weighted by Crippen LogP contribution is 2.37. The van der Waals surface area contributed by atoms with Crippen molar-refractivity contribution >= 4 is 40.1 Å². The number of nitrogens with zero attached hydrogens (tertiary/aromatic N) is 2. The molecule has 0 N–H and O–H groups in total. The first-order valence-electron chi connectivity index (χ1n) is 9.70. The molecule has 1 amide bonds. The third-order valence-corrected chi connectivity index (χ3v) is 6.19. The number of hydrogen-bond acceptors (Lipinski definition) is 6. The lowest BCUT2D eigenvalue weighted by atomic mass is 10.1. The summed E-state index contributed by atoms with van der Waals surface area (Å²) in [6.45, 7) is 5.05. The first-order chi connectivity index (χ1) is 14.5. The van der Waals surface area contributed by atoms with Crippen LogP contribution in [-0.2, 0) is 11.2 Å². The molecule has 3 rings (SSSR count). The van der Waals surface area contributed by atoms with Crippen molar-refractivity contribution in [2.24, 2.45) is 4.99 Å². The molecule has 1 heterocycles. The summed E-state index contributed by atoms with van der Waals surface area (Å²) in [6.07, 6.45) is 0.474. The smallest absolute Gasteiger partial charge is 0.242 e. The first-order valence-corrected chi connectivity index (χ1v) is 11.0. The molecule has 1 atom stereocenters. The predicted octanol–water partition coefficient (Wildman–Crippen LogP) is 4.95. The molecule has 0 spiro atoms. The minimum absolute atomic E-state index is 0.0260. The Kier molecular flexibility index (Phi) is 7.50. The molecule has 0 saturated carbocycles. The maximum absolute atomic E-state index is 13.0. The molecule has 1 fully saturated rings. The maximum atomic E-state index is 13.0. The van der Waals surface area contributed by atoms with Gasteiger partial charge in [-0.05, 0) is 56.2 Å². The van der Waals surface area contributed by atoms with Crippen LogP contribution in [0.1, 0.15) is 19.4 Å². The average Bonchev–Trinajstić information content (AvgIpc) is 3.04. The molecule has 1 aliphatic heterocycles.